The number of rotatable bonds is 3. The van der Waals surface area contributed by atoms with E-state index in [4.69, 9.17) is 27.9 Å². The summed E-state index contributed by atoms with van der Waals surface area (Å²) in [5.41, 5.74) is 1.83. The molecule has 0 N–H and O–H groups in total. The largest absolute Gasteiger partial charge is 0.438 e. The Labute approximate surface area is 110 Å². The van der Waals surface area contributed by atoms with Crippen molar-refractivity contribution >= 4 is 23.2 Å². The lowest BCUT2D eigenvalue weighted by atomic mass is 10.2. The molecule has 2 rings (SSSR count). The lowest BCUT2D eigenvalue weighted by Gasteiger charge is -2.10. The Morgan fingerprint density at radius 2 is 2.12 bits per heavy atom. The highest BCUT2D eigenvalue weighted by atomic mass is 35.5. The minimum absolute atomic E-state index is 0.371. The molecule has 1 aromatic carbocycles. The van der Waals surface area contributed by atoms with Crippen LogP contribution in [0.5, 0.6) is 11.6 Å². The quantitative estimate of drug-likeness (QED) is 0.760. The fraction of sp³-hybridized carbons (Fsp3) is 0.154. The number of pyridine rings is 1. The lowest BCUT2D eigenvalue weighted by Crippen LogP contribution is -1.94. The first-order chi connectivity index (χ1) is 8.20. The average molecular weight is 268 g/mol. The van der Waals surface area contributed by atoms with Gasteiger partial charge in [0, 0.05) is 16.8 Å². The van der Waals surface area contributed by atoms with E-state index in [1.165, 1.54) is 0 Å². The van der Waals surface area contributed by atoms with E-state index in [0.29, 0.717) is 16.8 Å². The molecule has 0 saturated carbocycles. The van der Waals surface area contributed by atoms with E-state index in [2.05, 4.69) is 4.98 Å². The van der Waals surface area contributed by atoms with Gasteiger partial charge in [-0.2, -0.15) is 0 Å². The molecule has 0 saturated heterocycles. The van der Waals surface area contributed by atoms with Gasteiger partial charge >= 0.3 is 0 Å². The number of aryl methyl sites for hydroxylation is 1. The monoisotopic (exact) mass is 267 g/mol. The second-order valence-corrected chi connectivity index (χ2v) is 4.32. The standard InChI is InChI=1S/C13H11Cl2NO/c1-9-7-11(15)4-5-12(9)17-13-10(8-14)3-2-6-16-13/h2-7H,8H2,1H3. The maximum Gasteiger partial charge on any atom is 0.223 e. The molecule has 2 aromatic rings. The first-order valence-corrected chi connectivity index (χ1v) is 6.06. The van der Waals surface area contributed by atoms with Crippen LogP contribution in [0.2, 0.25) is 5.02 Å². The Morgan fingerprint density at radius 1 is 1.29 bits per heavy atom. The van der Waals surface area contributed by atoms with Gasteiger partial charge in [-0.15, -0.1) is 11.6 Å². The van der Waals surface area contributed by atoms with Gasteiger partial charge in [0.05, 0.1) is 5.88 Å². The van der Waals surface area contributed by atoms with Crippen molar-refractivity contribution in [3.63, 3.8) is 0 Å². The SMILES string of the molecule is Cc1cc(Cl)ccc1Oc1ncccc1CCl. The number of benzene rings is 1. The lowest BCUT2D eigenvalue weighted by molar-refractivity contribution is 0.455. The summed E-state index contributed by atoms with van der Waals surface area (Å²) < 4.78 is 5.73. The molecule has 0 fully saturated rings. The van der Waals surface area contributed by atoms with Crippen molar-refractivity contribution in [3.05, 3.63) is 52.7 Å². The second-order valence-electron chi connectivity index (χ2n) is 3.61. The van der Waals surface area contributed by atoms with Crippen molar-refractivity contribution in [2.45, 2.75) is 12.8 Å². The maximum atomic E-state index is 5.89. The third-order valence-corrected chi connectivity index (χ3v) is 2.86. The highest BCUT2D eigenvalue weighted by molar-refractivity contribution is 6.30. The van der Waals surface area contributed by atoms with Crippen LogP contribution in [0.1, 0.15) is 11.1 Å². The molecule has 4 heteroatoms. The fourth-order valence-electron chi connectivity index (χ4n) is 1.45. The van der Waals surface area contributed by atoms with Crippen LogP contribution in [0.4, 0.5) is 0 Å². The highest BCUT2D eigenvalue weighted by Crippen LogP contribution is 2.28. The Morgan fingerprint density at radius 3 is 2.82 bits per heavy atom. The van der Waals surface area contributed by atoms with E-state index in [-0.39, 0.29) is 0 Å². The molecular weight excluding hydrogens is 257 g/mol. The zero-order valence-electron chi connectivity index (χ0n) is 9.28. The van der Waals surface area contributed by atoms with Gasteiger partial charge in [0.15, 0.2) is 0 Å². The molecule has 0 amide bonds. The molecule has 0 bridgehead atoms. The molecule has 0 radical (unpaired) electrons. The van der Waals surface area contributed by atoms with Crippen LogP contribution in [0, 0.1) is 6.92 Å². The minimum Gasteiger partial charge on any atom is -0.438 e. The molecule has 2 nitrogen and oxygen atoms in total. The first-order valence-electron chi connectivity index (χ1n) is 5.14. The van der Waals surface area contributed by atoms with E-state index in [1.54, 1.807) is 12.3 Å². The van der Waals surface area contributed by atoms with Crippen molar-refractivity contribution < 1.29 is 4.74 Å². The maximum absolute atomic E-state index is 5.89. The van der Waals surface area contributed by atoms with Gasteiger partial charge < -0.3 is 4.74 Å². The summed E-state index contributed by atoms with van der Waals surface area (Å²) in [6.07, 6.45) is 1.68. The van der Waals surface area contributed by atoms with E-state index in [1.807, 2.05) is 31.2 Å². The third kappa shape index (κ3) is 2.90. The Kier molecular flexibility index (Phi) is 3.87. The molecule has 0 aliphatic heterocycles. The number of nitrogens with zero attached hydrogens (tertiary/aromatic N) is 1. The number of hydrogen-bond donors (Lipinski definition) is 0. The number of halogens is 2. The van der Waals surface area contributed by atoms with E-state index < -0.39 is 0 Å². The van der Waals surface area contributed by atoms with Crippen LogP contribution < -0.4 is 4.74 Å². The zero-order valence-corrected chi connectivity index (χ0v) is 10.8. The smallest absolute Gasteiger partial charge is 0.223 e. The summed E-state index contributed by atoms with van der Waals surface area (Å²) in [5.74, 6) is 1.64. The fourth-order valence-corrected chi connectivity index (χ4v) is 1.88. The van der Waals surface area contributed by atoms with Crippen molar-refractivity contribution in [1.29, 1.82) is 0 Å². The van der Waals surface area contributed by atoms with Crippen LogP contribution in [-0.2, 0) is 5.88 Å². The summed E-state index contributed by atoms with van der Waals surface area (Å²) in [6, 6.07) is 9.18. The summed E-state index contributed by atoms with van der Waals surface area (Å²) in [5, 5.41) is 0.688. The Bertz CT molecular complexity index is 529. The molecule has 0 atom stereocenters. The van der Waals surface area contributed by atoms with E-state index in [0.717, 1.165) is 16.9 Å². The van der Waals surface area contributed by atoms with E-state index in [9.17, 15) is 0 Å². The molecule has 1 heterocycles. The second kappa shape index (κ2) is 5.39. The van der Waals surface area contributed by atoms with Crippen LogP contribution in [0.3, 0.4) is 0 Å². The summed E-state index contributed by atoms with van der Waals surface area (Å²) in [6.45, 7) is 1.94. The number of alkyl halides is 1. The summed E-state index contributed by atoms with van der Waals surface area (Å²) in [7, 11) is 0. The van der Waals surface area contributed by atoms with Crippen molar-refractivity contribution in [3.8, 4) is 11.6 Å². The molecule has 0 aliphatic carbocycles. The van der Waals surface area contributed by atoms with E-state index >= 15 is 0 Å². The minimum atomic E-state index is 0.371. The number of ether oxygens (including phenoxy) is 1. The zero-order chi connectivity index (χ0) is 12.3. The average Bonchev–Trinajstić information content (AvgIpc) is 2.33. The molecule has 1 aromatic heterocycles. The third-order valence-electron chi connectivity index (χ3n) is 2.34. The van der Waals surface area contributed by atoms with Crippen molar-refractivity contribution in [1.82, 2.24) is 4.98 Å². The molecule has 0 aliphatic rings. The van der Waals surface area contributed by atoms with Gasteiger partial charge in [0.2, 0.25) is 5.88 Å². The summed E-state index contributed by atoms with van der Waals surface area (Å²) in [4.78, 5) is 4.17. The molecular formula is C13H11Cl2NO. The number of hydrogen-bond acceptors (Lipinski definition) is 2. The molecule has 0 spiro atoms. The van der Waals surface area contributed by atoms with Gasteiger partial charge in [-0.3, -0.25) is 0 Å². The van der Waals surface area contributed by atoms with Crippen molar-refractivity contribution in [2.24, 2.45) is 0 Å². The van der Waals surface area contributed by atoms with Crippen LogP contribution in [0.25, 0.3) is 0 Å². The van der Waals surface area contributed by atoms with Crippen LogP contribution >= 0.6 is 23.2 Å². The Balaban J connectivity index is 2.31. The van der Waals surface area contributed by atoms with Gasteiger partial charge in [0.25, 0.3) is 0 Å². The van der Waals surface area contributed by atoms with Crippen LogP contribution in [0.15, 0.2) is 36.5 Å². The number of aromatic nitrogens is 1. The molecule has 88 valence electrons. The normalized spacial score (nSPS) is 10.3. The summed E-state index contributed by atoms with van der Waals surface area (Å²) >= 11 is 11.7. The predicted octanol–water partition coefficient (Wildman–Crippen LogP) is 4.57. The molecule has 17 heavy (non-hydrogen) atoms. The highest BCUT2D eigenvalue weighted by Gasteiger charge is 2.07. The topological polar surface area (TPSA) is 22.1 Å². The van der Waals surface area contributed by atoms with Gasteiger partial charge in [-0.25, -0.2) is 4.98 Å². The first kappa shape index (κ1) is 12.2. The van der Waals surface area contributed by atoms with Crippen molar-refractivity contribution in [2.75, 3.05) is 0 Å². The van der Waals surface area contributed by atoms with Gasteiger partial charge in [0.1, 0.15) is 5.75 Å². The van der Waals surface area contributed by atoms with Crippen LogP contribution in [-0.4, -0.2) is 4.98 Å². The van der Waals surface area contributed by atoms with Gasteiger partial charge in [-0.1, -0.05) is 17.7 Å². The van der Waals surface area contributed by atoms with Gasteiger partial charge in [-0.05, 0) is 36.8 Å². The Hall–Kier alpha value is -1.25. The predicted molar refractivity (Wildman–Crippen MR) is 70.1 cm³/mol. The molecule has 0 unspecified atom stereocenters.